The molecule has 0 aliphatic heterocycles. The van der Waals surface area contributed by atoms with Crippen LogP contribution in [0.2, 0.25) is 0 Å². The van der Waals surface area contributed by atoms with E-state index in [2.05, 4.69) is 28.3 Å². The van der Waals surface area contributed by atoms with Gasteiger partial charge in [0.05, 0.1) is 12.2 Å². The summed E-state index contributed by atoms with van der Waals surface area (Å²) in [5.41, 5.74) is 2.22. The van der Waals surface area contributed by atoms with E-state index >= 15 is 0 Å². The van der Waals surface area contributed by atoms with Crippen LogP contribution in [0.1, 0.15) is 74.4 Å². The lowest BCUT2D eigenvalue weighted by Gasteiger charge is -2.11. The molecule has 5 heteroatoms. The van der Waals surface area contributed by atoms with Gasteiger partial charge in [0.1, 0.15) is 5.82 Å². The van der Waals surface area contributed by atoms with Crippen molar-refractivity contribution in [3.8, 4) is 11.6 Å². The molecule has 0 amide bonds. The Morgan fingerprint density at radius 1 is 0.871 bits per heavy atom. The lowest BCUT2D eigenvalue weighted by molar-refractivity contribution is 0.404. The molecule has 0 radical (unpaired) electrons. The molecule has 1 aliphatic carbocycles. The van der Waals surface area contributed by atoms with Crippen molar-refractivity contribution >= 4 is 0 Å². The van der Waals surface area contributed by atoms with Crippen molar-refractivity contribution in [3.05, 3.63) is 77.7 Å². The molecule has 162 valence electrons. The Labute approximate surface area is 184 Å². The van der Waals surface area contributed by atoms with E-state index in [0.717, 1.165) is 17.1 Å². The van der Waals surface area contributed by atoms with Crippen LogP contribution in [0.5, 0.6) is 0 Å². The van der Waals surface area contributed by atoms with Gasteiger partial charge in [-0.25, -0.2) is 9.67 Å². The van der Waals surface area contributed by atoms with Gasteiger partial charge in [0.15, 0.2) is 0 Å². The van der Waals surface area contributed by atoms with Crippen molar-refractivity contribution < 1.29 is 4.52 Å². The third kappa shape index (κ3) is 6.03. The molecule has 3 aromatic rings. The monoisotopic (exact) mass is 416 g/mol. The van der Waals surface area contributed by atoms with Gasteiger partial charge in [0.2, 0.25) is 11.6 Å². The predicted molar refractivity (Wildman–Crippen MR) is 123 cm³/mol. The molecule has 4 rings (SSSR count). The average Bonchev–Trinajstić information content (AvgIpc) is 3.42. The summed E-state index contributed by atoms with van der Waals surface area (Å²) in [5, 5.41) is 9.12. The van der Waals surface area contributed by atoms with Gasteiger partial charge in [-0.3, -0.25) is 0 Å². The van der Waals surface area contributed by atoms with E-state index in [0.29, 0.717) is 24.0 Å². The third-order valence-electron chi connectivity index (χ3n) is 6.00. The van der Waals surface area contributed by atoms with E-state index in [1.54, 1.807) is 0 Å². The van der Waals surface area contributed by atoms with Gasteiger partial charge in [-0.05, 0) is 25.3 Å². The van der Waals surface area contributed by atoms with E-state index < -0.39 is 0 Å². The van der Waals surface area contributed by atoms with Crippen LogP contribution in [0.4, 0.5) is 0 Å². The summed E-state index contributed by atoms with van der Waals surface area (Å²) in [4.78, 5) is 4.65. The SMILES string of the molecule is Cc1nc(-c2cc(C3CCCCCCCC3)no2)nn1Cc1ccccccccc1. The van der Waals surface area contributed by atoms with Gasteiger partial charge in [-0.2, -0.15) is 0 Å². The smallest absolute Gasteiger partial charge is 0.220 e. The fourth-order valence-electron chi connectivity index (χ4n) is 4.20. The van der Waals surface area contributed by atoms with E-state index in [-0.39, 0.29) is 0 Å². The van der Waals surface area contributed by atoms with Crippen molar-refractivity contribution in [2.45, 2.75) is 70.8 Å². The maximum Gasteiger partial charge on any atom is 0.220 e. The first-order valence-electron chi connectivity index (χ1n) is 11.6. The van der Waals surface area contributed by atoms with E-state index in [1.807, 2.05) is 54.1 Å². The molecular formula is C26H32N4O. The van der Waals surface area contributed by atoms with Crippen LogP contribution in [0.3, 0.4) is 0 Å². The summed E-state index contributed by atoms with van der Waals surface area (Å²) in [6.45, 7) is 2.63. The first-order valence-corrected chi connectivity index (χ1v) is 11.6. The minimum Gasteiger partial charge on any atom is -0.353 e. The first-order chi connectivity index (χ1) is 15.3. The molecular weight excluding hydrogens is 384 g/mol. The Kier molecular flexibility index (Phi) is 7.48. The molecule has 2 heterocycles. The van der Waals surface area contributed by atoms with Crippen molar-refractivity contribution in [1.82, 2.24) is 19.9 Å². The number of hydrogen-bond acceptors (Lipinski definition) is 4. The number of rotatable bonds is 4. The Morgan fingerprint density at radius 3 is 2.16 bits per heavy atom. The number of aromatic nitrogens is 4. The molecule has 1 fully saturated rings. The molecule has 0 atom stereocenters. The fourth-order valence-corrected chi connectivity index (χ4v) is 4.20. The quantitative estimate of drug-likeness (QED) is 0.479. The zero-order valence-corrected chi connectivity index (χ0v) is 18.4. The van der Waals surface area contributed by atoms with Crippen LogP contribution in [0.15, 0.2) is 65.2 Å². The summed E-state index contributed by atoms with van der Waals surface area (Å²) in [5.74, 6) is 2.63. The molecule has 0 N–H and O–H groups in total. The number of hydrogen-bond donors (Lipinski definition) is 0. The minimum atomic E-state index is 0.492. The van der Waals surface area contributed by atoms with Crippen LogP contribution >= 0.6 is 0 Å². The summed E-state index contributed by atoms with van der Waals surface area (Å²) in [6, 6.07) is 20.4. The summed E-state index contributed by atoms with van der Waals surface area (Å²) in [7, 11) is 0. The maximum atomic E-state index is 5.69. The van der Waals surface area contributed by atoms with E-state index in [1.165, 1.54) is 51.4 Å². The highest BCUT2D eigenvalue weighted by Crippen LogP contribution is 2.31. The van der Waals surface area contributed by atoms with Crippen LogP contribution < -0.4 is 0 Å². The molecule has 0 unspecified atom stereocenters. The lowest BCUT2D eigenvalue weighted by atomic mass is 9.93. The van der Waals surface area contributed by atoms with Crippen molar-refractivity contribution in [2.24, 2.45) is 0 Å². The number of aryl methyl sites for hydroxylation is 1. The van der Waals surface area contributed by atoms with Gasteiger partial charge in [-0.15, -0.1) is 5.10 Å². The zero-order chi connectivity index (χ0) is 21.3. The van der Waals surface area contributed by atoms with Gasteiger partial charge < -0.3 is 4.52 Å². The molecule has 1 aromatic carbocycles. The highest BCUT2D eigenvalue weighted by Gasteiger charge is 2.20. The van der Waals surface area contributed by atoms with Crippen molar-refractivity contribution in [1.29, 1.82) is 0 Å². The first kappa shape index (κ1) is 21.3. The average molecular weight is 417 g/mol. The predicted octanol–water partition coefficient (Wildman–Crippen LogP) is 6.63. The highest BCUT2D eigenvalue weighted by atomic mass is 16.5. The third-order valence-corrected chi connectivity index (χ3v) is 6.00. The molecule has 5 nitrogen and oxygen atoms in total. The van der Waals surface area contributed by atoms with Gasteiger partial charge in [0, 0.05) is 12.0 Å². The second-order valence-corrected chi connectivity index (χ2v) is 8.41. The van der Waals surface area contributed by atoms with Crippen LogP contribution in [-0.4, -0.2) is 19.9 Å². The topological polar surface area (TPSA) is 56.7 Å². The van der Waals surface area contributed by atoms with Crippen LogP contribution in [-0.2, 0) is 6.54 Å². The molecule has 2 aromatic heterocycles. The van der Waals surface area contributed by atoms with Gasteiger partial charge in [0.25, 0.3) is 0 Å². The van der Waals surface area contributed by atoms with E-state index in [4.69, 9.17) is 9.62 Å². The van der Waals surface area contributed by atoms with Crippen molar-refractivity contribution in [3.63, 3.8) is 0 Å². The fraction of sp³-hybridized carbons (Fsp3) is 0.423. The van der Waals surface area contributed by atoms with Crippen molar-refractivity contribution in [2.75, 3.05) is 0 Å². The minimum absolute atomic E-state index is 0.492. The Morgan fingerprint density at radius 2 is 1.48 bits per heavy atom. The summed E-state index contributed by atoms with van der Waals surface area (Å²) in [6.07, 6.45) is 10.4. The summed E-state index contributed by atoms with van der Waals surface area (Å²) < 4.78 is 7.61. The highest BCUT2D eigenvalue weighted by molar-refractivity contribution is 5.46. The molecule has 0 spiro atoms. The Balaban J connectivity index is 1.52. The van der Waals surface area contributed by atoms with Crippen LogP contribution in [0.25, 0.3) is 11.6 Å². The van der Waals surface area contributed by atoms with Gasteiger partial charge >= 0.3 is 0 Å². The second-order valence-electron chi connectivity index (χ2n) is 8.41. The normalized spacial score (nSPS) is 15.5. The molecule has 1 aliphatic rings. The Hall–Kier alpha value is -2.95. The van der Waals surface area contributed by atoms with E-state index in [9.17, 15) is 0 Å². The van der Waals surface area contributed by atoms with Crippen LogP contribution in [0, 0.1) is 6.92 Å². The number of nitrogens with zero attached hydrogens (tertiary/aromatic N) is 4. The maximum absolute atomic E-state index is 5.69. The largest absolute Gasteiger partial charge is 0.353 e. The summed E-state index contributed by atoms with van der Waals surface area (Å²) >= 11 is 0. The second kappa shape index (κ2) is 10.9. The molecule has 1 saturated carbocycles. The molecule has 31 heavy (non-hydrogen) atoms. The Bertz CT molecular complexity index is 986. The van der Waals surface area contributed by atoms with Gasteiger partial charge in [-0.1, -0.05) is 98.3 Å². The standard InChI is InChI=1S/C26H32N4O/c1-21-27-26(28-30(21)20-22-15-11-7-3-2-4-8-12-16-22)25-19-24(29-31-25)23-17-13-9-5-6-10-14-18-23/h2-4,7-8,11-12,15-16,19,23H,5-6,9-10,13-14,17-18,20H2,1H3. The lowest BCUT2D eigenvalue weighted by Crippen LogP contribution is -2.03. The molecule has 0 bridgehead atoms. The molecule has 0 saturated heterocycles. The zero-order valence-electron chi connectivity index (χ0n) is 18.4.